The molecule has 1 amide bonds. The Kier molecular flexibility index (Phi) is 51.5. The number of nitrogens with one attached hydrogen (secondary N) is 1. The molecule has 0 rings (SSSR count). The topological polar surface area (TPSA) is 114 Å². The van der Waals surface area contributed by atoms with E-state index in [2.05, 4.69) is 99.0 Å². The first kappa shape index (κ1) is 71.2. The summed E-state index contributed by atoms with van der Waals surface area (Å²) in [5, 5.41) is 3.01. The van der Waals surface area contributed by atoms with Gasteiger partial charge in [0.05, 0.1) is 33.8 Å². The second-order valence-corrected chi connectivity index (χ2v) is 22.9. The number of nitrogens with zero attached hydrogens (tertiary/aromatic N) is 1. The molecule has 0 heterocycles. The number of carbonyl (C=O) groups is 2. The fourth-order valence-corrected chi connectivity index (χ4v) is 9.09. The van der Waals surface area contributed by atoms with Crippen LogP contribution in [0.3, 0.4) is 0 Å². The summed E-state index contributed by atoms with van der Waals surface area (Å²) in [6.07, 6.45) is 69.8. The van der Waals surface area contributed by atoms with E-state index >= 15 is 0 Å². The first-order valence-electron chi connectivity index (χ1n) is 30.4. The third kappa shape index (κ3) is 54.0. The molecule has 0 saturated heterocycles. The van der Waals surface area contributed by atoms with E-state index in [-0.39, 0.29) is 24.9 Å². The molecule has 1 N–H and O–H groups in total. The lowest BCUT2D eigenvalue weighted by Gasteiger charge is -2.30. The van der Waals surface area contributed by atoms with Gasteiger partial charge in [-0.25, -0.2) is 0 Å². The highest BCUT2D eigenvalue weighted by atomic mass is 31.2. The van der Waals surface area contributed by atoms with Crippen LogP contribution in [0.1, 0.15) is 258 Å². The molecular weight excluding hydrogens is 940 g/mol. The molecule has 3 atom stereocenters. The number of ether oxygens (including phenoxy) is 1. The van der Waals surface area contributed by atoms with Gasteiger partial charge >= 0.3 is 5.97 Å². The number of carbonyl (C=O) groups excluding carboxylic acids is 2. The summed E-state index contributed by atoms with van der Waals surface area (Å²) >= 11 is 0. The number of rotatable bonds is 54. The Morgan fingerprint density at radius 3 is 1.32 bits per heavy atom. The van der Waals surface area contributed by atoms with Crippen molar-refractivity contribution in [2.24, 2.45) is 0 Å². The molecular formula is C64H115N2O7P. The molecule has 0 radical (unpaired) electrons. The van der Waals surface area contributed by atoms with Crippen LogP contribution in [0.25, 0.3) is 0 Å². The number of phosphoric acid groups is 1. The van der Waals surface area contributed by atoms with Crippen molar-refractivity contribution in [1.82, 2.24) is 5.32 Å². The van der Waals surface area contributed by atoms with Gasteiger partial charge in [-0.2, -0.15) is 0 Å². The summed E-state index contributed by atoms with van der Waals surface area (Å²) < 4.78 is 30.2. The van der Waals surface area contributed by atoms with Crippen molar-refractivity contribution in [3.8, 4) is 0 Å². The maximum Gasteiger partial charge on any atom is 0.306 e. The van der Waals surface area contributed by atoms with Gasteiger partial charge in [0.25, 0.3) is 7.82 Å². The largest absolute Gasteiger partial charge is 0.756 e. The molecule has 0 aromatic carbocycles. The standard InChI is InChI=1S/C64H115N2O7P/c1-7-10-13-16-19-22-25-27-29-30-31-32-33-34-35-36-37-38-41-44-47-50-53-56-63(67)65-61(60-72-74(69,70)71-59-58-66(4,5)6)62(55-52-49-46-43-40-24-21-18-15-12-9-3)73-64(68)57-54-51-48-45-42-39-28-26-23-20-17-14-11-8-2/h10,13,19,22,27,29,31-32,34-35,39,42,52,55,61-62H,7-9,11-12,14-18,20-21,23-26,28,30,33,36-38,40-41,43-51,53-54,56-60H2,1-6H3,(H-,65,67,69,70)/b13-10-,22-19-,29-27-,32-31-,35-34-,42-39-,55-52-. The molecule has 0 aliphatic heterocycles. The average molecular weight is 1060 g/mol. The molecule has 10 heteroatoms. The van der Waals surface area contributed by atoms with Crippen molar-refractivity contribution < 1.29 is 37.3 Å². The third-order valence-corrected chi connectivity index (χ3v) is 14.0. The van der Waals surface area contributed by atoms with E-state index in [0.717, 1.165) is 109 Å². The van der Waals surface area contributed by atoms with E-state index in [4.69, 9.17) is 13.8 Å². The van der Waals surface area contributed by atoms with Gasteiger partial charge in [0.1, 0.15) is 19.3 Å². The van der Waals surface area contributed by atoms with E-state index in [1.165, 1.54) is 109 Å². The third-order valence-electron chi connectivity index (χ3n) is 13.1. The fraction of sp³-hybridized carbons (Fsp3) is 0.750. The van der Waals surface area contributed by atoms with Crippen LogP contribution in [0.15, 0.2) is 85.1 Å². The zero-order valence-electron chi connectivity index (χ0n) is 48.8. The Morgan fingerprint density at radius 1 is 0.486 bits per heavy atom. The molecule has 0 aromatic rings. The van der Waals surface area contributed by atoms with Gasteiger partial charge in [-0.05, 0) is 102 Å². The molecule has 0 aliphatic carbocycles. The van der Waals surface area contributed by atoms with Crippen LogP contribution < -0.4 is 10.2 Å². The number of phosphoric ester groups is 1. The van der Waals surface area contributed by atoms with Crippen molar-refractivity contribution in [3.05, 3.63) is 85.1 Å². The van der Waals surface area contributed by atoms with Gasteiger partial charge in [0, 0.05) is 12.8 Å². The average Bonchev–Trinajstić information content (AvgIpc) is 3.36. The van der Waals surface area contributed by atoms with E-state index in [0.29, 0.717) is 23.9 Å². The number of likely N-dealkylation sites (N-methyl/N-ethyl adjacent to an activating group) is 1. The molecule has 0 spiro atoms. The maximum atomic E-state index is 13.5. The first-order valence-corrected chi connectivity index (χ1v) is 31.9. The van der Waals surface area contributed by atoms with Gasteiger partial charge in [0.2, 0.25) is 5.91 Å². The van der Waals surface area contributed by atoms with E-state index in [9.17, 15) is 19.0 Å². The number of amides is 1. The van der Waals surface area contributed by atoms with Crippen molar-refractivity contribution in [2.45, 2.75) is 270 Å². The van der Waals surface area contributed by atoms with E-state index in [1.807, 2.05) is 33.3 Å². The summed E-state index contributed by atoms with van der Waals surface area (Å²) in [7, 11) is 1.16. The highest BCUT2D eigenvalue weighted by Gasteiger charge is 2.27. The zero-order valence-corrected chi connectivity index (χ0v) is 49.7. The molecule has 9 nitrogen and oxygen atoms in total. The highest BCUT2D eigenvalue weighted by Crippen LogP contribution is 2.38. The fourth-order valence-electron chi connectivity index (χ4n) is 8.37. The zero-order chi connectivity index (χ0) is 54.3. The normalized spacial score (nSPS) is 14.3. The first-order chi connectivity index (χ1) is 35.9. The Morgan fingerprint density at radius 2 is 0.865 bits per heavy atom. The van der Waals surface area contributed by atoms with Crippen molar-refractivity contribution in [3.63, 3.8) is 0 Å². The Balaban J connectivity index is 5.23. The summed E-state index contributed by atoms with van der Waals surface area (Å²) in [5.74, 6) is -0.574. The molecule has 0 saturated carbocycles. The predicted molar refractivity (Wildman–Crippen MR) is 316 cm³/mol. The van der Waals surface area contributed by atoms with Gasteiger partial charge < -0.3 is 28.5 Å². The van der Waals surface area contributed by atoms with Crippen molar-refractivity contribution in [1.29, 1.82) is 0 Å². The number of quaternary nitrogens is 1. The second-order valence-electron chi connectivity index (χ2n) is 21.5. The van der Waals surface area contributed by atoms with Crippen LogP contribution in [0.4, 0.5) is 0 Å². The Labute approximate surface area is 456 Å². The molecule has 0 aliphatic rings. The summed E-state index contributed by atoms with van der Waals surface area (Å²) in [5.41, 5.74) is 0. The predicted octanol–water partition coefficient (Wildman–Crippen LogP) is 18.0. The van der Waals surface area contributed by atoms with Crippen LogP contribution in [0, 0.1) is 0 Å². The number of hydrogen-bond acceptors (Lipinski definition) is 7. The van der Waals surface area contributed by atoms with Crippen LogP contribution >= 0.6 is 7.82 Å². The van der Waals surface area contributed by atoms with Gasteiger partial charge in [-0.1, -0.05) is 228 Å². The monoisotopic (exact) mass is 1050 g/mol. The van der Waals surface area contributed by atoms with Crippen LogP contribution in [0.2, 0.25) is 0 Å². The van der Waals surface area contributed by atoms with Crippen LogP contribution in [-0.4, -0.2) is 69.4 Å². The summed E-state index contributed by atoms with van der Waals surface area (Å²) in [4.78, 5) is 39.9. The molecule has 0 bridgehead atoms. The number of unbranched alkanes of at least 4 members (excludes halogenated alkanes) is 26. The molecule has 74 heavy (non-hydrogen) atoms. The molecule has 3 unspecified atom stereocenters. The van der Waals surface area contributed by atoms with Gasteiger partial charge in [-0.3, -0.25) is 14.2 Å². The lowest BCUT2D eigenvalue weighted by molar-refractivity contribution is -0.870. The van der Waals surface area contributed by atoms with Crippen LogP contribution in [-0.2, 0) is 27.9 Å². The summed E-state index contributed by atoms with van der Waals surface area (Å²) in [6, 6.07) is -0.903. The minimum absolute atomic E-state index is 0.0301. The Hall–Kier alpha value is -2.81. The highest BCUT2D eigenvalue weighted by molar-refractivity contribution is 7.45. The number of esters is 1. The van der Waals surface area contributed by atoms with Crippen molar-refractivity contribution >= 4 is 19.7 Å². The minimum Gasteiger partial charge on any atom is -0.756 e. The maximum absolute atomic E-state index is 13.5. The van der Waals surface area contributed by atoms with Gasteiger partial charge in [-0.15, -0.1) is 0 Å². The molecule has 0 aromatic heterocycles. The van der Waals surface area contributed by atoms with Crippen molar-refractivity contribution in [2.75, 3.05) is 40.9 Å². The number of allylic oxidation sites excluding steroid dienone is 13. The van der Waals surface area contributed by atoms with E-state index in [1.54, 1.807) is 0 Å². The summed E-state index contributed by atoms with van der Waals surface area (Å²) in [6.45, 7) is 6.70. The molecule has 0 fully saturated rings. The molecule has 428 valence electrons. The van der Waals surface area contributed by atoms with E-state index < -0.39 is 26.6 Å². The lowest BCUT2D eigenvalue weighted by atomic mass is 10.1. The smallest absolute Gasteiger partial charge is 0.306 e. The lowest BCUT2D eigenvalue weighted by Crippen LogP contribution is -2.47. The SMILES string of the molecule is CC/C=C\C/C=C\C/C=C\C/C=C\C/C=C\CCCCCCCCCC(=O)NC(COP(=O)([O-])OCC[N+](C)(C)C)C(/C=C\CCCCCCCCCCC)OC(=O)CCCCC/C=C\CCCCCCCCC. The Bertz CT molecular complexity index is 1540. The quantitative estimate of drug-likeness (QED) is 0.0212. The van der Waals surface area contributed by atoms with Crippen LogP contribution in [0.5, 0.6) is 0 Å². The minimum atomic E-state index is -4.70. The van der Waals surface area contributed by atoms with Gasteiger partial charge in [0.15, 0.2) is 0 Å². The number of hydrogen-bond donors (Lipinski definition) is 1. The second kappa shape index (κ2) is 53.6.